The Bertz CT molecular complexity index is 126. The number of hydrogen-bond donors (Lipinski definition) is 3. The smallest absolute Gasteiger partial charge is 0.0607 e. The molecule has 3 N–H and O–H groups in total. The Balaban J connectivity index is 3.88. The molecule has 0 saturated heterocycles. The van der Waals surface area contributed by atoms with E-state index in [0.717, 1.165) is 12.8 Å². The van der Waals surface area contributed by atoms with Gasteiger partial charge in [-0.3, -0.25) is 0 Å². The molecule has 0 aromatic heterocycles. The van der Waals surface area contributed by atoms with Crippen molar-refractivity contribution in [2.75, 3.05) is 13.2 Å². The SMILES string of the molecule is CC[C@@H](C)C[C@H](CC)NC(CO)CO. The summed E-state index contributed by atoms with van der Waals surface area (Å²) in [6.07, 6.45) is 3.34. The van der Waals surface area contributed by atoms with Gasteiger partial charge < -0.3 is 15.5 Å². The molecule has 86 valence electrons. The van der Waals surface area contributed by atoms with Crippen LogP contribution < -0.4 is 5.32 Å². The Hall–Kier alpha value is -0.120. The highest BCUT2D eigenvalue weighted by Crippen LogP contribution is 2.12. The highest BCUT2D eigenvalue weighted by Gasteiger charge is 2.14. The van der Waals surface area contributed by atoms with Gasteiger partial charge in [0, 0.05) is 6.04 Å². The van der Waals surface area contributed by atoms with Gasteiger partial charge in [-0.15, -0.1) is 0 Å². The largest absolute Gasteiger partial charge is 0.395 e. The summed E-state index contributed by atoms with van der Waals surface area (Å²) in [7, 11) is 0. The van der Waals surface area contributed by atoms with E-state index in [1.807, 2.05) is 0 Å². The fraction of sp³-hybridized carbons (Fsp3) is 1.00. The predicted octanol–water partition coefficient (Wildman–Crippen LogP) is 1.14. The molecule has 0 rings (SSSR count). The van der Waals surface area contributed by atoms with Gasteiger partial charge in [-0.25, -0.2) is 0 Å². The van der Waals surface area contributed by atoms with E-state index in [0.29, 0.717) is 12.0 Å². The molecule has 0 aliphatic rings. The van der Waals surface area contributed by atoms with Crippen LogP contribution in [0.4, 0.5) is 0 Å². The maximum absolute atomic E-state index is 8.94. The third-order valence-electron chi connectivity index (χ3n) is 2.79. The Morgan fingerprint density at radius 2 is 1.57 bits per heavy atom. The molecule has 2 atom stereocenters. The fourth-order valence-corrected chi connectivity index (χ4v) is 1.50. The van der Waals surface area contributed by atoms with Crippen LogP contribution in [0.25, 0.3) is 0 Å². The van der Waals surface area contributed by atoms with Crippen LogP contribution in [0.15, 0.2) is 0 Å². The lowest BCUT2D eigenvalue weighted by molar-refractivity contribution is 0.156. The van der Waals surface area contributed by atoms with E-state index < -0.39 is 0 Å². The van der Waals surface area contributed by atoms with E-state index in [1.165, 1.54) is 6.42 Å². The first kappa shape index (κ1) is 13.9. The number of aliphatic hydroxyl groups is 2. The van der Waals surface area contributed by atoms with E-state index >= 15 is 0 Å². The summed E-state index contributed by atoms with van der Waals surface area (Å²) >= 11 is 0. The van der Waals surface area contributed by atoms with Crippen molar-refractivity contribution in [1.29, 1.82) is 0 Å². The molecule has 0 saturated carbocycles. The molecule has 0 aliphatic carbocycles. The normalized spacial score (nSPS) is 15.9. The molecule has 0 radical (unpaired) electrons. The average molecular weight is 203 g/mol. The van der Waals surface area contributed by atoms with Gasteiger partial charge in [-0.1, -0.05) is 27.2 Å². The zero-order chi connectivity index (χ0) is 11.0. The molecular weight excluding hydrogens is 178 g/mol. The molecule has 0 unspecified atom stereocenters. The van der Waals surface area contributed by atoms with Crippen molar-refractivity contribution in [2.45, 2.75) is 52.1 Å². The van der Waals surface area contributed by atoms with Crippen LogP contribution in [-0.4, -0.2) is 35.5 Å². The second kappa shape index (κ2) is 8.21. The molecule has 14 heavy (non-hydrogen) atoms. The predicted molar refractivity (Wildman–Crippen MR) is 59.2 cm³/mol. The highest BCUT2D eigenvalue weighted by molar-refractivity contribution is 4.73. The quantitative estimate of drug-likeness (QED) is 0.554. The molecule has 0 aromatic rings. The number of hydrogen-bond acceptors (Lipinski definition) is 3. The summed E-state index contributed by atoms with van der Waals surface area (Å²) in [5.41, 5.74) is 0. The summed E-state index contributed by atoms with van der Waals surface area (Å²) in [6.45, 7) is 6.57. The van der Waals surface area contributed by atoms with E-state index in [9.17, 15) is 0 Å². The minimum atomic E-state index is -0.163. The van der Waals surface area contributed by atoms with Crippen LogP contribution >= 0.6 is 0 Å². The Kier molecular flexibility index (Phi) is 8.14. The standard InChI is InChI=1S/C11H25NO2/c1-4-9(3)6-10(5-2)12-11(7-13)8-14/h9-14H,4-8H2,1-3H3/t9-,10+/m1/s1. The minimum absolute atomic E-state index is 0.00745. The van der Waals surface area contributed by atoms with Crippen molar-refractivity contribution in [1.82, 2.24) is 5.32 Å². The molecular formula is C11H25NO2. The number of nitrogens with one attached hydrogen (secondary N) is 1. The molecule has 0 amide bonds. The molecule has 0 spiro atoms. The number of aliphatic hydroxyl groups excluding tert-OH is 2. The van der Waals surface area contributed by atoms with Crippen molar-refractivity contribution < 1.29 is 10.2 Å². The average Bonchev–Trinajstić information content (AvgIpc) is 2.23. The Morgan fingerprint density at radius 1 is 1.00 bits per heavy atom. The highest BCUT2D eigenvalue weighted by atomic mass is 16.3. The van der Waals surface area contributed by atoms with Crippen molar-refractivity contribution in [2.24, 2.45) is 5.92 Å². The zero-order valence-electron chi connectivity index (χ0n) is 9.66. The molecule has 3 heteroatoms. The van der Waals surface area contributed by atoms with Crippen molar-refractivity contribution in [3.63, 3.8) is 0 Å². The van der Waals surface area contributed by atoms with Crippen LogP contribution in [0, 0.1) is 5.92 Å². The lowest BCUT2D eigenvalue weighted by atomic mass is 9.97. The molecule has 3 nitrogen and oxygen atoms in total. The monoisotopic (exact) mass is 203 g/mol. The summed E-state index contributed by atoms with van der Waals surface area (Å²) in [4.78, 5) is 0. The van der Waals surface area contributed by atoms with Crippen LogP contribution in [0.5, 0.6) is 0 Å². The maximum Gasteiger partial charge on any atom is 0.0607 e. The van der Waals surface area contributed by atoms with Crippen LogP contribution in [0.3, 0.4) is 0 Å². The third-order valence-corrected chi connectivity index (χ3v) is 2.79. The van der Waals surface area contributed by atoms with Gasteiger partial charge in [0.15, 0.2) is 0 Å². The molecule has 0 bridgehead atoms. The Morgan fingerprint density at radius 3 is 1.93 bits per heavy atom. The van der Waals surface area contributed by atoms with Gasteiger partial charge in [0.25, 0.3) is 0 Å². The first-order valence-corrected chi connectivity index (χ1v) is 5.65. The summed E-state index contributed by atoms with van der Waals surface area (Å²) < 4.78 is 0. The topological polar surface area (TPSA) is 52.5 Å². The van der Waals surface area contributed by atoms with E-state index in [1.54, 1.807) is 0 Å². The first-order valence-electron chi connectivity index (χ1n) is 5.65. The second-order valence-electron chi connectivity index (χ2n) is 4.08. The molecule has 0 heterocycles. The van der Waals surface area contributed by atoms with Gasteiger partial charge in [-0.05, 0) is 18.8 Å². The summed E-state index contributed by atoms with van der Waals surface area (Å²) in [5.74, 6) is 0.700. The summed E-state index contributed by atoms with van der Waals surface area (Å²) in [5, 5.41) is 21.1. The van der Waals surface area contributed by atoms with Crippen LogP contribution in [0.2, 0.25) is 0 Å². The van der Waals surface area contributed by atoms with E-state index in [2.05, 4.69) is 26.1 Å². The van der Waals surface area contributed by atoms with Gasteiger partial charge in [0.1, 0.15) is 0 Å². The lowest BCUT2D eigenvalue weighted by Crippen LogP contribution is -2.43. The van der Waals surface area contributed by atoms with Crippen molar-refractivity contribution in [3.8, 4) is 0 Å². The minimum Gasteiger partial charge on any atom is -0.395 e. The maximum atomic E-state index is 8.94. The van der Waals surface area contributed by atoms with Gasteiger partial charge in [0.2, 0.25) is 0 Å². The third kappa shape index (κ3) is 5.58. The first-order chi connectivity index (χ1) is 6.67. The zero-order valence-corrected chi connectivity index (χ0v) is 9.66. The van der Waals surface area contributed by atoms with Crippen molar-refractivity contribution in [3.05, 3.63) is 0 Å². The molecule has 0 aromatic carbocycles. The second-order valence-corrected chi connectivity index (χ2v) is 4.08. The molecule has 0 fully saturated rings. The number of rotatable bonds is 8. The molecule has 0 aliphatic heterocycles. The summed E-state index contributed by atoms with van der Waals surface area (Å²) in [6, 6.07) is 0.248. The van der Waals surface area contributed by atoms with Gasteiger partial charge in [-0.2, -0.15) is 0 Å². The van der Waals surface area contributed by atoms with Crippen LogP contribution in [-0.2, 0) is 0 Å². The van der Waals surface area contributed by atoms with Crippen molar-refractivity contribution >= 4 is 0 Å². The fourth-order valence-electron chi connectivity index (χ4n) is 1.50. The lowest BCUT2D eigenvalue weighted by Gasteiger charge is -2.24. The Labute approximate surface area is 87.5 Å². The van der Waals surface area contributed by atoms with E-state index in [-0.39, 0.29) is 19.3 Å². The van der Waals surface area contributed by atoms with Gasteiger partial charge >= 0.3 is 0 Å². The van der Waals surface area contributed by atoms with E-state index in [4.69, 9.17) is 10.2 Å². The van der Waals surface area contributed by atoms with Gasteiger partial charge in [0.05, 0.1) is 19.3 Å². The van der Waals surface area contributed by atoms with Crippen LogP contribution in [0.1, 0.15) is 40.0 Å².